The maximum atomic E-state index is 12.5. The normalized spacial score (nSPS) is 13.1. The number of rotatable bonds is 9. The first-order valence-electron chi connectivity index (χ1n) is 10.2. The van der Waals surface area contributed by atoms with Gasteiger partial charge in [-0.1, -0.05) is 38.1 Å². The number of nitrogens with zero attached hydrogens (tertiary/aromatic N) is 2. The Kier molecular flexibility index (Phi) is 7.23. The second-order valence-electron chi connectivity index (χ2n) is 6.97. The second-order valence-corrected chi connectivity index (χ2v) is 8.91. The van der Waals surface area contributed by atoms with Crippen molar-refractivity contribution in [2.24, 2.45) is 4.99 Å². The van der Waals surface area contributed by atoms with E-state index in [0.29, 0.717) is 38.3 Å². The fraction of sp³-hybridized carbons (Fsp3) is 0.364. The monoisotopic (exact) mass is 428 g/mol. The Hall–Kier alpha value is -2.71. The molecule has 1 amide bonds. The van der Waals surface area contributed by atoms with Gasteiger partial charge in [-0.05, 0) is 36.2 Å². The summed E-state index contributed by atoms with van der Waals surface area (Å²) in [4.78, 5) is 17.0. The summed E-state index contributed by atoms with van der Waals surface area (Å²) in [5, 5.41) is 6.19. The van der Waals surface area contributed by atoms with Gasteiger partial charge in [-0.15, -0.1) is 0 Å². The number of benzene rings is 2. The van der Waals surface area contributed by atoms with E-state index in [-0.39, 0.29) is 10.8 Å². The Morgan fingerprint density at radius 2 is 1.73 bits per heavy atom. The van der Waals surface area contributed by atoms with Crippen LogP contribution in [0.4, 0.5) is 0 Å². The van der Waals surface area contributed by atoms with Crippen LogP contribution in [0.1, 0.15) is 41.8 Å². The highest BCUT2D eigenvalue weighted by Crippen LogP contribution is 2.17. The fourth-order valence-corrected chi connectivity index (χ4v) is 4.84. The minimum Gasteiger partial charge on any atom is -0.370 e. The number of sulfonamides is 1. The summed E-state index contributed by atoms with van der Waals surface area (Å²) in [5.74, 6) is 0.687. The number of carbonyl (C=O) groups excluding carboxylic acids is 1. The van der Waals surface area contributed by atoms with Crippen molar-refractivity contribution in [3.05, 3.63) is 65.2 Å². The minimum absolute atomic E-state index is 0.199. The Balaban J connectivity index is 1.45. The molecule has 0 bridgehead atoms. The molecule has 2 N–H and O–H groups in total. The first kappa shape index (κ1) is 22.0. The lowest BCUT2D eigenvalue weighted by Gasteiger charge is -2.18. The van der Waals surface area contributed by atoms with E-state index >= 15 is 0 Å². The number of hydrogen-bond acceptors (Lipinski definition) is 5. The summed E-state index contributed by atoms with van der Waals surface area (Å²) in [6, 6.07) is 14.2. The van der Waals surface area contributed by atoms with Crippen LogP contribution in [0.3, 0.4) is 0 Å². The number of aliphatic imine (C=N–C) groups is 1. The molecule has 0 spiro atoms. The highest BCUT2D eigenvalue weighted by atomic mass is 32.2. The molecular formula is C22H28N4O3S. The Morgan fingerprint density at radius 1 is 1.03 bits per heavy atom. The summed E-state index contributed by atoms with van der Waals surface area (Å²) >= 11 is 0. The van der Waals surface area contributed by atoms with Gasteiger partial charge in [-0.25, -0.2) is 8.42 Å². The number of fused-ring (bicyclic) bond motifs is 1. The van der Waals surface area contributed by atoms with Crippen molar-refractivity contribution in [3.8, 4) is 0 Å². The first-order valence-corrected chi connectivity index (χ1v) is 11.7. The molecule has 0 unspecified atom stereocenters. The van der Waals surface area contributed by atoms with Crippen molar-refractivity contribution in [1.29, 1.82) is 0 Å². The highest BCUT2D eigenvalue weighted by molar-refractivity contribution is 7.89. The quantitative estimate of drug-likeness (QED) is 0.600. The number of hydrogen-bond donors (Lipinski definition) is 2. The lowest BCUT2D eigenvalue weighted by atomic mass is 10.1. The van der Waals surface area contributed by atoms with E-state index in [1.165, 1.54) is 22.0 Å². The molecule has 0 saturated carbocycles. The molecule has 8 heteroatoms. The predicted octanol–water partition coefficient (Wildman–Crippen LogP) is 2.39. The molecule has 1 heterocycles. The molecule has 1 aliphatic heterocycles. The molecule has 2 aromatic carbocycles. The minimum atomic E-state index is -3.52. The Labute approximate surface area is 178 Å². The number of nitrogens with one attached hydrogen (secondary N) is 2. The van der Waals surface area contributed by atoms with E-state index in [4.69, 9.17) is 0 Å². The van der Waals surface area contributed by atoms with Crippen LogP contribution in [0, 0.1) is 0 Å². The van der Waals surface area contributed by atoms with Crippen LogP contribution in [0.5, 0.6) is 0 Å². The molecule has 0 aromatic heterocycles. The standard InChI is InChI=1S/C22H28N4O3S/c1-3-26(4-2)30(28,29)19-12-10-17(11-13-19)22(27)24-15-7-14-23-21-20-9-6-5-8-18(20)16-25-21/h5-6,8-13H,3-4,7,14-16H2,1-2H3,(H,23,25)(H,24,27). The third kappa shape index (κ3) is 4.88. The van der Waals surface area contributed by atoms with Crippen molar-refractivity contribution in [2.45, 2.75) is 31.7 Å². The van der Waals surface area contributed by atoms with E-state index < -0.39 is 10.0 Å². The maximum Gasteiger partial charge on any atom is 0.251 e. The van der Waals surface area contributed by atoms with Crippen LogP contribution >= 0.6 is 0 Å². The van der Waals surface area contributed by atoms with Gasteiger partial charge >= 0.3 is 0 Å². The van der Waals surface area contributed by atoms with Crippen LogP contribution in [-0.2, 0) is 16.6 Å². The number of amidine groups is 1. The fourth-order valence-electron chi connectivity index (χ4n) is 3.38. The van der Waals surface area contributed by atoms with Gasteiger partial charge in [0.05, 0.1) is 11.4 Å². The van der Waals surface area contributed by atoms with Crippen LogP contribution in [0.25, 0.3) is 0 Å². The molecule has 0 fully saturated rings. The zero-order valence-corrected chi connectivity index (χ0v) is 18.2. The van der Waals surface area contributed by atoms with Gasteiger partial charge in [0, 0.05) is 37.3 Å². The molecule has 30 heavy (non-hydrogen) atoms. The van der Waals surface area contributed by atoms with E-state index in [9.17, 15) is 13.2 Å². The van der Waals surface area contributed by atoms with Gasteiger partial charge in [-0.3, -0.25) is 9.79 Å². The average molecular weight is 429 g/mol. The zero-order chi connectivity index (χ0) is 21.6. The van der Waals surface area contributed by atoms with E-state index in [2.05, 4.69) is 27.8 Å². The van der Waals surface area contributed by atoms with Gasteiger partial charge in [0.1, 0.15) is 5.84 Å². The smallest absolute Gasteiger partial charge is 0.251 e. The highest BCUT2D eigenvalue weighted by Gasteiger charge is 2.21. The molecule has 3 rings (SSSR count). The molecule has 160 valence electrons. The van der Waals surface area contributed by atoms with E-state index in [0.717, 1.165) is 17.8 Å². The third-order valence-electron chi connectivity index (χ3n) is 5.07. The van der Waals surface area contributed by atoms with Crippen molar-refractivity contribution >= 4 is 21.8 Å². The van der Waals surface area contributed by atoms with Gasteiger partial charge < -0.3 is 10.6 Å². The van der Waals surface area contributed by atoms with Crippen LogP contribution in [-0.4, -0.2) is 50.6 Å². The molecule has 7 nitrogen and oxygen atoms in total. The topological polar surface area (TPSA) is 90.9 Å². The maximum absolute atomic E-state index is 12.5. The SMILES string of the molecule is CCN(CC)S(=O)(=O)c1ccc(C(=O)NCCCNC2=NCc3ccccc32)cc1. The van der Waals surface area contributed by atoms with Crippen LogP contribution in [0.15, 0.2) is 58.4 Å². The van der Waals surface area contributed by atoms with Gasteiger partial charge in [0.2, 0.25) is 10.0 Å². The van der Waals surface area contributed by atoms with Crippen LogP contribution < -0.4 is 10.6 Å². The lowest BCUT2D eigenvalue weighted by molar-refractivity contribution is 0.0953. The molecule has 2 aromatic rings. The summed E-state index contributed by atoms with van der Waals surface area (Å²) in [6.45, 7) is 6.34. The van der Waals surface area contributed by atoms with Crippen molar-refractivity contribution < 1.29 is 13.2 Å². The molecule has 0 radical (unpaired) electrons. The van der Waals surface area contributed by atoms with Gasteiger partial charge in [0.15, 0.2) is 0 Å². The number of amides is 1. The Bertz CT molecular complexity index is 1010. The molecule has 1 aliphatic rings. The van der Waals surface area contributed by atoms with Crippen molar-refractivity contribution in [2.75, 3.05) is 26.2 Å². The van der Waals surface area contributed by atoms with E-state index in [1.807, 2.05) is 12.1 Å². The number of carbonyl (C=O) groups is 1. The molecular weight excluding hydrogens is 400 g/mol. The lowest BCUT2D eigenvalue weighted by Crippen LogP contribution is -2.31. The summed E-state index contributed by atoms with van der Waals surface area (Å²) < 4.78 is 26.4. The summed E-state index contributed by atoms with van der Waals surface area (Å²) in [6.07, 6.45) is 0.751. The second kappa shape index (κ2) is 9.86. The average Bonchev–Trinajstić information content (AvgIpc) is 3.17. The first-order chi connectivity index (χ1) is 14.5. The van der Waals surface area contributed by atoms with Gasteiger partial charge in [-0.2, -0.15) is 4.31 Å². The summed E-state index contributed by atoms with van der Waals surface area (Å²) in [5.41, 5.74) is 2.80. The third-order valence-corrected chi connectivity index (χ3v) is 7.14. The van der Waals surface area contributed by atoms with Crippen LogP contribution in [0.2, 0.25) is 0 Å². The van der Waals surface area contributed by atoms with Crippen molar-refractivity contribution in [1.82, 2.24) is 14.9 Å². The Morgan fingerprint density at radius 3 is 2.43 bits per heavy atom. The van der Waals surface area contributed by atoms with Gasteiger partial charge in [0.25, 0.3) is 5.91 Å². The molecule has 0 atom stereocenters. The zero-order valence-electron chi connectivity index (χ0n) is 17.4. The predicted molar refractivity (Wildman–Crippen MR) is 118 cm³/mol. The van der Waals surface area contributed by atoms with E-state index in [1.54, 1.807) is 26.0 Å². The summed E-state index contributed by atoms with van der Waals surface area (Å²) in [7, 11) is -3.52. The van der Waals surface area contributed by atoms with Crippen molar-refractivity contribution in [3.63, 3.8) is 0 Å². The molecule has 0 aliphatic carbocycles. The largest absolute Gasteiger partial charge is 0.370 e. The molecule has 0 saturated heterocycles.